The first-order valence-electron chi connectivity index (χ1n) is 26.0. The minimum Gasteiger partial charge on any atom is -0.481 e. The zero-order chi connectivity index (χ0) is 64.0. The first kappa shape index (κ1) is 74.4. The number of aliphatic carboxylic acids is 5. The van der Waals surface area contributed by atoms with Crippen molar-refractivity contribution in [2.45, 2.75) is 185 Å². The van der Waals surface area contributed by atoms with E-state index in [0.717, 1.165) is 6.92 Å². The Balaban J connectivity index is 6.82. The molecule has 0 heterocycles. The average Bonchev–Trinajstić information content (AvgIpc) is 3.38. The molecule has 23 N–H and O–H groups in total. The van der Waals surface area contributed by atoms with Crippen LogP contribution in [0, 0.1) is 11.8 Å². The maximum atomic E-state index is 14.1. The van der Waals surface area contributed by atoms with Gasteiger partial charge in [-0.1, -0.05) is 27.7 Å². The lowest BCUT2D eigenvalue weighted by molar-refractivity contribution is -0.143. The molecule has 0 saturated heterocycles. The summed E-state index contributed by atoms with van der Waals surface area (Å²) in [5.74, 6) is -22.5. The molecule has 0 saturated carbocycles. The van der Waals surface area contributed by atoms with E-state index < -0.39 is 225 Å². The predicted molar refractivity (Wildman–Crippen MR) is 282 cm³/mol. The van der Waals surface area contributed by atoms with E-state index in [-0.39, 0.29) is 32.2 Å². The molecule has 0 spiro atoms. The number of aliphatic hydroxyl groups is 1. The van der Waals surface area contributed by atoms with Crippen molar-refractivity contribution in [3.63, 3.8) is 0 Å². The van der Waals surface area contributed by atoms with Crippen molar-refractivity contribution in [3.8, 4) is 0 Å². The van der Waals surface area contributed by atoms with Crippen molar-refractivity contribution in [1.82, 2.24) is 47.9 Å². The lowest BCUT2D eigenvalue weighted by atomic mass is 9.99. The molecule has 0 aliphatic carbocycles. The number of carbonyl (C=O) groups excluding carboxylic acids is 11. The van der Waals surface area contributed by atoms with Crippen molar-refractivity contribution in [2.75, 3.05) is 6.54 Å². The standard InChI is InChI=1S/C48H79N13O22/c1-20(2)14-27(42(76)57-28(15-21(3)4)46(80)61-38(22(5)62)47(81)54-25(10-12-35(67)68)40(74)55-26(48(82)83)8-6-7-13-49)56-43(77)29(17-32(51)63)58-44(78)30(18-33(52)64)59-45(79)31(19-37(71)72)60-41(75)24(9-11-34(65)66)53-39(73)23(50)16-36(69)70/h20-31,38,62H,6-19,49-50H2,1-5H3,(H2,51,63)(H2,52,64)(H,53,73)(H,54,81)(H,55,74)(H,56,77)(H,57,76)(H,58,78)(H,59,79)(H,60,75)(H,61,80)(H,65,66)(H,67,68)(H,69,70)(H,71,72)(H,82,83)/t22-,23+,24+,25+,26+,27+,28+,29+,30+,31+,38+/m1/s1. The molecule has 11 amide bonds. The van der Waals surface area contributed by atoms with E-state index in [1.807, 2.05) is 16.0 Å². The Morgan fingerprint density at radius 1 is 0.373 bits per heavy atom. The van der Waals surface area contributed by atoms with Gasteiger partial charge in [-0.2, -0.15) is 0 Å². The lowest BCUT2D eigenvalue weighted by Crippen LogP contribution is -2.62. The number of nitrogens with two attached hydrogens (primary N) is 4. The summed E-state index contributed by atoms with van der Waals surface area (Å²) in [5, 5.41) is 77.0. The minimum absolute atomic E-state index is 0.0713. The normalized spacial score (nSPS) is 15.0. The highest BCUT2D eigenvalue weighted by Crippen LogP contribution is 2.13. The first-order valence-corrected chi connectivity index (χ1v) is 26.0. The first-order chi connectivity index (χ1) is 38.5. The highest BCUT2D eigenvalue weighted by molar-refractivity contribution is 6.01. The number of carbonyl (C=O) groups is 16. The summed E-state index contributed by atoms with van der Waals surface area (Å²) < 4.78 is 0. The van der Waals surface area contributed by atoms with Crippen LogP contribution >= 0.6 is 0 Å². The van der Waals surface area contributed by atoms with Crippen LogP contribution in [0.3, 0.4) is 0 Å². The largest absolute Gasteiger partial charge is 0.481 e. The lowest BCUT2D eigenvalue weighted by Gasteiger charge is -2.29. The Hall–Kier alpha value is -8.60. The summed E-state index contributed by atoms with van der Waals surface area (Å²) in [4.78, 5) is 204. The van der Waals surface area contributed by atoms with Gasteiger partial charge in [0.1, 0.15) is 54.4 Å². The van der Waals surface area contributed by atoms with Crippen molar-refractivity contribution in [3.05, 3.63) is 0 Å². The third-order valence-corrected chi connectivity index (χ3v) is 11.7. The Labute approximate surface area is 475 Å². The second-order valence-corrected chi connectivity index (χ2v) is 20.1. The van der Waals surface area contributed by atoms with Gasteiger partial charge in [-0.05, 0) is 70.3 Å². The van der Waals surface area contributed by atoms with Gasteiger partial charge in [0, 0.05) is 12.8 Å². The van der Waals surface area contributed by atoms with E-state index in [0.29, 0.717) is 6.42 Å². The highest BCUT2D eigenvalue weighted by Gasteiger charge is 2.38. The molecule has 0 bridgehead atoms. The van der Waals surface area contributed by atoms with Crippen LogP contribution in [0.4, 0.5) is 0 Å². The van der Waals surface area contributed by atoms with E-state index in [4.69, 9.17) is 28.0 Å². The molecule has 0 aromatic rings. The third kappa shape index (κ3) is 30.7. The number of primary amides is 2. The van der Waals surface area contributed by atoms with Crippen molar-refractivity contribution in [2.24, 2.45) is 34.8 Å². The number of hydrogen-bond donors (Lipinski definition) is 19. The molecule has 35 nitrogen and oxygen atoms in total. The van der Waals surface area contributed by atoms with Crippen LogP contribution in [-0.2, 0) is 76.7 Å². The fourth-order valence-electron chi connectivity index (χ4n) is 7.55. The van der Waals surface area contributed by atoms with Crippen LogP contribution in [0.25, 0.3) is 0 Å². The molecule has 0 unspecified atom stereocenters. The van der Waals surface area contributed by atoms with E-state index in [1.54, 1.807) is 27.7 Å². The van der Waals surface area contributed by atoms with Gasteiger partial charge in [0.2, 0.25) is 65.0 Å². The van der Waals surface area contributed by atoms with E-state index in [9.17, 15) is 102 Å². The number of unbranched alkanes of at least 4 members (excludes halogenated alkanes) is 1. The van der Waals surface area contributed by atoms with Gasteiger partial charge >= 0.3 is 29.8 Å². The molecule has 0 fully saturated rings. The summed E-state index contributed by atoms with van der Waals surface area (Å²) in [7, 11) is 0. The number of carboxylic acid groups (broad SMARTS) is 5. The van der Waals surface area contributed by atoms with Crippen molar-refractivity contribution < 1.29 is 107 Å². The predicted octanol–water partition coefficient (Wildman–Crippen LogP) is -7.21. The third-order valence-electron chi connectivity index (χ3n) is 11.7. The smallest absolute Gasteiger partial charge is 0.326 e. The SMILES string of the molecule is CC(C)C[C@H](NC(=O)[C@H](CC(N)=O)NC(=O)[C@H](CC(N)=O)NC(=O)[C@H](CC(=O)O)NC(=O)[C@H](CCC(=O)O)NC(=O)[C@@H](N)CC(=O)O)C(=O)N[C@@H](CC(C)C)C(=O)N[C@H](C(=O)N[C@@H](CCC(=O)O)C(=O)N[C@@H](CCCCN)C(=O)O)[C@@H](C)O. The number of carboxylic acids is 5. The summed E-state index contributed by atoms with van der Waals surface area (Å²) in [6.45, 7) is 7.77. The number of aliphatic hydroxyl groups excluding tert-OH is 1. The second kappa shape index (κ2) is 37.4. The fraction of sp³-hybridized carbons (Fsp3) is 0.667. The Morgan fingerprint density at radius 2 is 0.699 bits per heavy atom. The van der Waals surface area contributed by atoms with Gasteiger partial charge in [0.05, 0.1) is 37.8 Å². The quantitative estimate of drug-likeness (QED) is 0.0253. The molecule has 35 heteroatoms. The van der Waals surface area contributed by atoms with Crippen LogP contribution in [0.15, 0.2) is 0 Å². The van der Waals surface area contributed by atoms with Crippen LogP contribution in [-0.4, -0.2) is 199 Å². The maximum Gasteiger partial charge on any atom is 0.326 e. The minimum atomic E-state index is -2.19. The zero-order valence-corrected chi connectivity index (χ0v) is 46.4. The van der Waals surface area contributed by atoms with Crippen LogP contribution in [0.5, 0.6) is 0 Å². The van der Waals surface area contributed by atoms with E-state index in [1.165, 1.54) is 0 Å². The Morgan fingerprint density at radius 3 is 1.04 bits per heavy atom. The molecule has 83 heavy (non-hydrogen) atoms. The average molecular weight is 1190 g/mol. The maximum absolute atomic E-state index is 14.1. The topological polar surface area (TPSA) is 607 Å². The van der Waals surface area contributed by atoms with Crippen LogP contribution < -0.4 is 70.8 Å². The molecule has 11 atom stereocenters. The summed E-state index contributed by atoms with van der Waals surface area (Å²) in [6.07, 6.45) is -8.61. The highest BCUT2D eigenvalue weighted by atomic mass is 16.4. The summed E-state index contributed by atoms with van der Waals surface area (Å²) >= 11 is 0. The summed E-state index contributed by atoms with van der Waals surface area (Å²) in [6, 6.07) is -18.2. The van der Waals surface area contributed by atoms with E-state index in [2.05, 4.69) is 31.9 Å². The van der Waals surface area contributed by atoms with Gasteiger partial charge in [0.25, 0.3) is 0 Å². The van der Waals surface area contributed by atoms with Gasteiger partial charge in [-0.25, -0.2) is 4.79 Å². The van der Waals surface area contributed by atoms with Gasteiger partial charge < -0.3 is 101 Å². The van der Waals surface area contributed by atoms with Crippen molar-refractivity contribution in [1.29, 1.82) is 0 Å². The molecule has 0 aromatic heterocycles. The second-order valence-electron chi connectivity index (χ2n) is 20.1. The molecule has 0 aromatic carbocycles. The molecule has 0 rings (SSSR count). The Bertz CT molecular complexity index is 2350. The van der Waals surface area contributed by atoms with Crippen molar-refractivity contribution >= 4 is 94.8 Å². The zero-order valence-electron chi connectivity index (χ0n) is 46.4. The monoisotopic (exact) mass is 1190 g/mol. The molecular weight excluding hydrogens is 1110 g/mol. The van der Waals surface area contributed by atoms with Crippen LogP contribution in [0.2, 0.25) is 0 Å². The fourth-order valence-corrected chi connectivity index (χ4v) is 7.55. The van der Waals surface area contributed by atoms with Gasteiger partial charge in [0.15, 0.2) is 0 Å². The molecule has 0 aliphatic heterocycles. The number of nitrogens with one attached hydrogen (secondary N) is 9. The molecule has 468 valence electrons. The van der Waals surface area contributed by atoms with E-state index >= 15 is 0 Å². The molecule has 0 radical (unpaired) electrons. The molecule has 0 aliphatic rings. The molecular formula is C48H79N13O22. The number of rotatable bonds is 42. The van der Waals surface area contributed by atoms with Crippen LogP contribution in [0.1, 0.15) is 118 Å². The van der Waals surface area contributed by atoms with Gasteiger partial charge in [-0.3, -0.25) is 71.9 Å². The number of hydrogen-bond acceptors (Lipinski definition) is 19. The van der Waals surface area contributed by atoms with Gasteiger partial charge in [-0.15, -0.1) is 0 Å². The Kier molecular flexibility index (Phi) is 33.5. The summed E-state index contributed by atoms with van der Waals surface area (Å²) in [5.41, 5.74) is 21.7. The number of amides is 11.